The maximum atomic E-state index is 12.1. The summed E-state index contributed by atoms with van der Waals surface area (Å²) in [6, 6.07) is 10.5. The number of likely N-dealkylation sites (N-methyl/N-ethyl adjacent to an activating group) is 1. The molecule has 4 nitrogen and oxygen atoms in total. The minimum atomic E-state index is -0.0710. The first-order valence-electron chi connectivity index (χ1n) is 8.25. The van der Waals surface area contributed by atoms with Gasteiger partial charge in [0.05, 0.1) is 6.04 Å². The quantitative estimate of drug-likeness (QED) is 0.687. The number of hydrogen-bond donors (Lipinski definition) is 1. The van der Waals surface area contributed by atoms with Crippen LogP contribution in [-0.4, -0.2) is 36.0 Å². The third kappa shape index (κ3) is 4.00. The lowest BCUT2D eigenvalue weighted by Gasteiger charge is -2.24. The summed E-state index contributed by atoms with van der Waals surface area (Å²) in [5, 5.41) is 8.27. The molecule has 1 N–H and O–H groups in total. The van der Waals surface area contributed by atoms with Crippen molar-refractivity contribution in [3.05, 3.63) is 64.5 Å². The second kappa shape index (κ2) is 7.68. The minimum absolute atomic E-state index is 0.0710. The van der Waals surface area contributed by atoms with E-state index in [1.807, 2.05) is 43.1 Å². The van der Waals surface area contributed by atoms with Crippen molar-refractivity contribution >= 4 is 34.2 Å². The number of aromatic nitrogens is 1. The normalized spacial score (nSPS) is 13.0. The third-order valence-electron chi connectivity index (χ3n) is 4.35. The van der Waals surface area contributed by atoms with Crippen molar-refractivity contribution in [1.29, 1.82) is 0 Å². The van der Waals surface area contributed by atoms with Crippen LogP contribution in [-0.2, 0) is 11.8 Å². The first-order chi connectivity index (χ1) is 12.1. The number of benzene rings is 1. The number of amides is 1. The molecule has 0 aliphatic carbocycles. The highest BCUT2D eigenvalue weighted by Crippen LogP contribution is 2.28. The Labute approximate surface area is 152 Å². The fourth-order valence-electron chi connectivity index (χ4n) is 3.01. The van der Waals surface area contributed by atoms with Gasteiger partial charge in [-0.25, -0.2) is 0 Å². The lowest BCUT2D eigenvalue weighted by Crippen LogP contribution is -2.33. The highest BCUT2D eigenvalue weighted by Gasteiger charge is 2.19. The first-order valence-corrected chi connectivity index (χ1v) is 9.19. The molecule has 130 valence electrons. The summed E-state index contributed by atoms with van der Waals surface area (Å²) in [6.45, 7) is 0.563. The number of nitrogens with one attached hydrogen (secondary N) is 1. The molecule has 0 fully saturated rings. The lowest BCUT2D eigenvalue weighted by molar-refractivity contribution is -0.116. The molecule has 0 saturated heterocycles. The fourth-order valence-corrected chi connectivity index (χ4v) is 3.64. The zero-order valence-electron chi connectivity index (χ0n) is 14.8. The maximum absolute atomic E-state index is 12.1. The van der Waals surface area contributed by atoms with Gasteiger partial charge in [0.1, 0.15) is 0 Å². The Morgan fingerprint density at radius 1 is 1.32 bits per heavy atom. The number of carbonyl (C=O) groups is 1. The van der Waals surface area contributed by atoms with Gasteiger partial charge >= 0.3 is 0 Å². The molecule has 1 unspecified atom stereocenters. The van der Waals surface area contributed by atoms with E-state index in [-0.39, 0.29) is 11.9 Å². The van der Waals surface area contributed by atoms with Gasteiger partial charge in [-0.15, -0.1) is 0 Å². The number of carbonyl (C=O) groups excluding carboxylic acids is 1. The number of nitrogens with zero attached hydrogens (tertiary/aromatic N) is 2. The van der Waals surface area contributed by atoms with Gasteiger partial charge < -0.3 is 14.8 Å². The first kappa shape index (κ1) is 17.5. The zero-order valence-corrected chi connectivity index (χ0v) is 15.6. The summed E-state index contributed by atoms with van der Waals surface area (Å²) < 4.78 is 2.14. The molecule has 0 aliphatic heterocycles. The van der Waals surface area contributed by atoms with Gasteiger partial charge in [0.25, 0.3) is 0 Å². The molecule has 2 aromatic heterocycles. The Bertz CT molecular complexity index is 878. The number of aryl methyl sites for hydroxylation is 1. The molecule has 1 aromatic carbocycles. The summed E-state index contributed by atoms with van der Waals surface area (Å²) in [6.07, 6.45) is 5.59. The Kier molecular flexibility index (Phi) is 5.36. The highest BCUT2D eigenvalue weighted by molar-refractivity contribution is 7.08. The molecule has 3 rings (SSSR count). The van der Waals surface area contributed by atoms with Crippen LogP contribution in [0.4, 0.5) is 0 Å². The van der Waals surface area contributed by atoms with Crippen molar-refractivity contribution in [2.75, 3.05) is 20.6 Å². The topological polar surface area (TPSA) is 37.3 Å². The van der Waals surface area contributed by atoms with Crippen molar-refractivity contribution in [3.63, 3.8) is 0 Å². The van der Waals surface area contributed by atoms with Crippen LogP contribution in [0.15, 0.2) is 53.4 Å². The summed E-state index contributed by atoms with van der Waals surface area (Å²) in [7, 11) is 6.14. The number of thiophene rings is 1. The van der Waals surface area contributed by atoms with E-state index in [0.29, 0.717) is 6.54 Å². The van der Waals surface area contributed by atoms with Gasteiger partial charge in [-0.1, -0.05) is 18.2 Å². The van der Waals surface area contributed by atoms with Gasteiger partial charge in [0.2, 0.25) is 5.91 Å². The van der Waals surface area contributed by atoms with E-state index in [1.165, 1.54) is 16.5 Å². The lowest BCUT2D eigenvalue weighted by atomic mass is 10.0. The Balaban J connectivity index is 1.74. The molecule has 1 atom stereocenters. The van der Waals surface area contributed by atoms with E-state index in [1.54, 1.807) is 17.4 Å². The van der Waals surface area contributed by atoms with Crippen LogP contribution in [0.25, 0.3) is 17.0 Å². The molecule has 0 radical (unpaired) electrons. The van der Waals surface area contributed by atoms with Crippen molar-refractivity contribution in [1.82, 2.24) is 14.8 Å². The molecule has 0 spiro atoms. The molecule has 0 saturated carbocycles. The second-order valence-corrected chi connectivity index (χ2v) is 7.11. The fraction of sp³-hybridized carbons (Fsp3) is 0.250. The Morgan fingerprint density at radius 3 is 2.84 bits per heavy atom. The molecule has 3 aromatic rings. The van der Waals surface area contributed by atoms with Crippen LogP contribution in [0.5, 0.6) is 0 Å². The smallest absolute Gasteiger partial charge is 0.244 e. The minimum Gasteiger partial charge on any atom is -0.351 e. The summed E-state index contributed by atoms with van der Waals surface area (Å²) >= 11 is 1.62. The van der Waals surface area contributed by atoms with E-state index in [2.05, 4.69) is 46.2 Å². The van der Waals surface area contributed by atoms with E-state index in [9.17, 15) is 4.79 Å². The van der Waals surface area contributed by atoms with E-state index < -0.39 is 0 Å². The third-order valence-corrected chi connectivity index (χ3v) is 5.05. The van der Waals surface area contributed by atoms with Crippen LogP contribution < -0.4 is 5.32 Å². The molecule has 0 aliphatic rings. The highest BCUT2D eigenvalue weighted by atomic mass is 32.1. The molecule has 0 bridgehead atoms. The van der Waals surface area contributed by atoms with Crippen LogP contribution >= 0.6 is 11.3 Å². The average Bonchev–Trinajstić information content (AvgIpc) is 3.22. The van der Waals surface area contributed by atoms with Gasteiger partial charge in [-0.3, -0.25) is 4.79 Å². The van der Waals surface area contributed by atoms with Crippen LogP contribution in [0.3, 0.4) is 0 Å². The zero-order chi connectivity index (χ0) is 17.8. The van der Waals surface area contributed by atoms with Crippen molar-refractivity contribution < 1.29 is 4.79 Å². The van der Waals surface area contributed by atoms with Gasteiger partial charge in [0, 0.05) is 36.8 Å². The van der Waals surface area contributed by atoms with Crippen LogP contribution in [0, 0.1) is 0 Å². The molecule has 1 amide bonds. The van der Waals surface area contributed by atoms with Crippen LogP contribution in [0.2, 0.25) is 0 Å². The number of para-hydroxylation sites is 1. The largest absolute Gasteiger partial charge is 0.351 e. The predicted molar refractivity (Wildman–Crippen MR) is 106 cm³/mol. The van der Waals surface area contributed by atoms with Crippen molar-refractivity contribution in [2.45, 2.75) is 6.04 Å². The summed E-state index contributed by atoms with van der Waals surface area (Å²) in [5.41, 5.74) is 3.48. The van der Waals surface area contributed by atoms with Gasteiger partial charge in [0.15, 0.2) is 0 Å². The van der Waals surface area contributed by atoms with E-state index >= 15 is 0 Å². The number of rotatable bonds is 6. The molecular formula is C20H23N3OS. The average molecular weight is 353 g/mol. The SMILES string of the molecule is CN(C)C(CNC(=O)C=Cc1ccsc1)c1cn(C)c2ccccc12. The predicted octanol–water partition coefficient (Wildman–Crippen LogP) is 3.67. The van der Waals surface area contributed by atoms with Gasteiger partial charge in [-0.05, 0) is 54.2 Å². The van der Waals surface area contributed by atoms with E-state index in [0.717, 1.165) is 5.56 Å². The van der Waals surface area contributed by atoms with Crippen molar-refractivity contribution in [3.8, 4) is 0 Å². The van der Waals surface area contributed by atoms with Crippen molar-refractivity contribution in [2.24, 2.45) is 7.05 Å². The monoisotopic (exact) mass is 353 g/mol. The second-order valence-electron chi connectivity index (χ2n) is 6.33. The standard InChI is InChI=1S/C20H23N3OS/c1-22(2)19(12-21-20(24)9-8-15-10-11-25-14-15)17-13-23(3)18-7-5-4-6-16(17)18/h4-11,13-14,19H,12H2,1-3H3,(H,21,24). The Morgan fingerprint density at radius 2 is 2.12 bits per heavy atom. The summed E-state index contributed by atoms with van der Waals surface area (Å²) in [4.78, 5) is 14.3. The molecule has 2 heterocycles. The number of hydrogen-bond acceptors (Lipinski definition) is 3. The van der Waals surface area contributed by atoms with E-state index in [4.69, 9.17) is 0 Å². The number of fused-ring (bicyclic) bond motifs is 1. The molecular weight excluding hydrogens is 330 g/mol. The maximum Gasteiger partial charge on any atom is 0.244 e. The molecule has 5 heteroatoms. The Hall–Kier alpha value is -2.37. The van der Waals surface area contributed by atoms with Crippen LogP contribution in [0.1, 0.15) is 17.2 Å². The molecule has 25 heavy (non-hydrogen) atoms. The summed E-state index contributed by atoms with van der Waals surface area (Å²) in [5.74, 6) is -0.0710. The van der Waals surface area contributed by atoms with Gasteiger partial charge in [-0.2, -0.15) is 11.3 Å².